The molecular weight excluding hydrogens is 246 g/mol. The Labute approximate surface area is 111 Å². The van der Waals surface area contributed by atoms with Crippen LogP contribution in [-0.2, 0) is 9.53 Å². The number of piperidine rings is 1. The molecule has 2 aliphatic heterocycles. The predicted octanol–water partition coefficient (Wildman–Crippen LogP) is 0.252. The number of likely N-dealkylation sites (tertiary alicyclic amines) is 1. The van der Waals surface area contributed by atoms with Crippen LogP contribution in [0, 0.1) is 0 Å². The standard InChI is InChI=1S/C12H17N5O2/c18-12(10-3-7-19-8-4-10)17-5-1-9(2-6-17)11-13-15-16-14-11/h3,9H,1-2,4-8H2,(H,13,14,15,16). The van der Waals surface area contributed by atoms with E-state index in [-0.39, 0.29) is 5.91 Å². The van der Waals surface area contributed by atoms with Gasteiger partial charge < -0.3 is 9.64 Å². The zero-order chi connectivity index (χ0) is 13.1. The molecule has 0 unspecified atom stereocenters. The molecule has 3 heterocycles. The highest BCUT2D eigenvalue weighted by Crippen LogP contribution is 2.26. The average Bonchev–Trinajstić information content (AvgIpc) is 3.02. The summed E-state index contributed by atoms with van der Waals surface area (Å²) in [4.78, 5) is 14.2. The van der Waals surface area contributed by atoms with Crippen molar-refractivity contribution >= 4 is 5.91 Å². The summed E-state index contributed by atoms with van der Waals surface area (Å²) in [6.07, 6.45) is 4.42. The van der Waals surface area contributed by atoms with E-state index >= 15 is 0 Å². The molecule has 0 radical (unpaired) electrons. The minimum Gasteiger partial charge on any atom is -0.377 e. The molecule has 0 spiro atoms. The number of tetrazole rings is 1. The Bertz CT molecular complexity index is 462. The van der Waals surface area contributed by atoms with Gasteiger partial charge in [-0.1, -0.05) is 11.3 Å². The lowest BCUT2D eigenvalue weighted by Gasteiger charge is -2.31. The second-order valence-corrected chi connectivity index (χ2v) is 4.89. The predicted molar refractivity (Wildman–Crippen MR) is 66.3 cm³/mol. The molecule has 19 heavy (non-hydrogen) atoms. The molecule has 1 amide bonds. The third kappa shape index (κ3) is 2.65. The van der Waals surface area contributed by atoms with Crippen molar-refractivity contribution in [3.05, 3.63) is 17.5 Å². The molecule has 1 N–H and O–H groups in total. The van der Waals surface area contributed by atoms with Crippen LogP contribution < -0.4 is 0 Å². The summed E-state index contributed by atoms with van der Waals surface area (Å²) in [5.74, 6) is 1.23. The van der Waals surface area contributed by atoms with Gasteiger partial charge in [0.25, 0.3) is 0 Å². The van der Waals surface area contributed by atoms with Crippen LogP contribution >= 0.6 is 0 Å². The van der Waals surface area contributed by atoms with Crippen LogP contribution in [0.25, 0.3) is 0 Å². The number of H-pyrrole nitrogens is 1. The van der Waals surface area contributed by atoms with Gasteiger partial charge >= 0.3 is 0 Å². The van der Waals surface area contributed by atoms with Crippen LogP contribution in [0.15, 0.2) is 11.6 Å². The Morgan fingerprint density at radius 1 is 1.42 bits per heavy atom. The Morgan fingerprint density at radius 2 is 2.26 bits per heavy atom. The highest BCUT2D eigenvalue weighted by molar-refractivity contribution is 5.93. The summed E-state index contributed by atoms with van der Waals surface area (Å²) < 4.78 is 5.23. The zero-order valence-electron chi connectivity index (χ0n) is 10.7. The van der Waals surface area contributed by atoms with E-state index in [2.05, 4.69) is 20.6 Å². The maximum absolute atomic E-state index is 12.3. The lowest BCUT2D eigenvalue weighted by molar-refractivity contribution is -0.128. The van der Waals surface area contributed by atoms with Crippen LogP contribution in [0.5, 0.6) is 0 Å². The molecule has 3 rings (SSSR count). The van der Waals surface area contributed by atoms with Gasteiger partial charge in [-0.15, -0.1) is 10.2 Å². The fourth-order valence-electron chi connectivity index (χ4n) is 2.61. The Hall–Kier alpha value is -1.76. The van der Waals surface area contributed by atoms with E-state index in [9.17, 15) is 4.79 Å². The highest BCUT2D eigenvalue weighted by atomic mass is 16.5. The minimum atomic E-state index is 0.162. The largest absolute Gasteiger partial charge is 0.377 e. The van der Waals surface area contributed by atoms with Gasteiger partial charge in [-0.05, 0) is 12.8 Å². The average molecular weight is 263 g/mol. The molecule has 0 saturated carbocycles. The number of ether oxygens (including phenoxy) is 1. The fourth-order valence-corrected chi connectivity index (χ4v) is 2.61. The van der Waals surface area contributed by atoms with E-state index in [4.69, 9.17) is 4.74 Å². The van der Waals surface area contributed by atoms with Crippen molar-refractivity contribution in [1.29, 1.82) is 0 Å². The molecule has 0 bridgehead atoms. The topological polar surface area (TPSA) is 84.0 Å². The maximum Gasteiger partial charge on any atom is 0.249 e. The van der Waals surface area contributed by atoms with E-state index in [0.29, 0.717) is 19.1 Å². The van der Waals surface area contributed by atoms with Gasteiger partial charge in [0.05, 0.1) is 13.2 Å². The number of nitrogens with one attached hydrogen (secondary N) is 1. The van der Waals surface area contributed by atoms with Gasteiger partial charge in [-0.25, -0.2) is 0 Å². The normalized spacial score (nSPS) is 21.3. The molecule has 0 aliphatic carbocycles. The monoisotopic (exact) mass is 263 g/mol. The number of hydrogen-bond donors (Lipinski definition) is 1. The van der Waals surface area contributed by atoms with E-state index in [0.717, 1.165) is 43.7 Å². The Morgan fingerprint density at radius 3 is 2.89 bits per heavy atom. The maximum atomic E-state index is 12.3. The summed E-state index contributed by atoms with van der Waals surface area (Å²) in [6.45, 7) is 2.73. The first-order valence-corrected chi connectivity index (χ1v) is 6.64. The SMILES string of the molecule is O=C(C1=CCOCC1)N1CCC(c2nn[nH]n2)CC1. The van der Waals surface area contributed by atoms with Gasteiger partial charge in [0.2, 0.25) is 5.91 Å². The highest BCUT2D eigenvalue weighted by Gasteiger charge is 2.27. The molecule has 0 atom stereocenters. The zero-order valence-corrected chi connectivity index (χ0v) is 10.7. The molecule has 7 heteroatoms. The summed E-state index contributed by atoms with van der Waals surface area (Å²) in [5, 5.41) is 14.1. The number of carbonyl (C=O) groups excluding carboxylic acids is 1. The second-order valence-electron chi connectivity index (χ2n) is 4.89. The Balaban J connectivity index is 1.58. The van der Waals surface area contributed by atoms with Crippen molar-refractivity contribution in [1.82, 2.24) is 25.5 Å². The summed E-state index contributed by atoms with van der Waals surface area (Å²) in [6, 6.07) is 0. The molecule has 1 aromatic heterocycles. The number of hydrogen-bond acceptors (Lipinski definition) is 5. The number of aromatic nitrogens is 4. The van der Waals surface area contributed by atoms with Gasteiger partial charge in [-0.2, -0.15) is 5.21 Å². The molecule has 1 saturated heterocycles. The van der Waals surface area contributed by atoms with Crippen LogP contribution in [0.3, 0.4) is 0 Å². The molecule has 102 valence electrons. The molecular formula is C12H17N5O2. The number of nitrogens with zero attached hydrogens (tertiary/aromatic N) is 4. The van der Waals surface area contributed by atoms with Gasteiger partial charge in [0.15, 0.2) is 5.82 Å². The van der Waals surface area contributed by atoms with E-state index in [1.807, 2.05) is 11.0 Å². The lowest BCUT2D eigenvalue weighted by Crippen LogP contribution is -2.39. The van der Waals surface area contributed by atoms with Crippen molar-refractivity contribution in [2.24, 2.45) is 0 Å². The van der Waals surface area contributed by atoms with E-state index in [1.54, 1.807) is 0 Å². The smallest absolute Gasteiger partial charge is 0.249 e. The van der Waals surface area contributed by atoms with E-state index in [1.165, 1.54) is 0 Å². The van der Waals surface area contributed by atoms with Crippen LogP contribution in [0.1, 0.15) is 31.0 Å². The van der Waals surface area contributed by atoms with Crippen LogP contribution in [0.4, 0.5) is 0 Å². The molecule has 1 fully saturated rings. The van der Waals surface area contributed by atoms with Gasteiger partial charge in [-0.3, -0.25) is 4.79 Å². The van der Waals surface area contributed by atoms with Crippen molar-refractivity contribution in [3.8, 4) is 0 Å². The Kier molecular flexibility index (Phi) is 3.54. The first-order chi connectivity index (χ1) is 9.34. The van der Waals surface area contributed by atoms with Gasteiger partial charge in [0.1, 0.15) is 0 Å². The number of carbonyl (C=O) groups is 1. The molecule has 0 aromatic carbocycles. The van der Waals surface area contributed by atoms with Crippen molar-refractivity contribution in [3.63, 3.8) is 0 Å². The summed E-state index contributed by atoms with van der Waals surface area (Å²) in [5.41, 5.74) is 0.893. The van der Waals surface area contributed by atoms with Gasteiger partial charge in [0, 0.05) is 31.0 Å². The molecule has 7 nitrogen and oxygen atoms in total. The molecule has 1 aromatic rings. The van der Waals surface area contributed by atoms with Crippen LogP contribution in [-0.4, -0.2) is 57.7 Å². The number of aromatic amines is 1. The number of rotatable bonds is 2. The first kappa shape index (κ1) is 12.3. The van der Waals surface area contributed by atoms with Crippen LogP contribution in [0.2, 0.25) is 0 Å². The third-order valence-electron chi connectivity index (χ3n) is 3.75. The minimum absolute atomic E-state index is 0.162. The van der Waals surface area contributed by atoms with E-state index < -0.39 is 0 Å². The third-order valence-corrected chi connectivity index (χ3v) is 3.75. The number of amides is 1. The first-order valence-electron chi connectivity index (χ1n) is 6.64. The quantitative estimate of drug-likeness (QED) is 0.827. The fraction of sp³-hybridized carbons (Fsp3) is 0.667. The summed E-state index contributed by atoms with van der Waals surface area (Å²) in [7, 11) is 0. The van der Waals surface area contributed by atoms with Crippen molar-refractivity contribution in [2.45, 2.75) is 25.2 Å². The molecule has 2 aliphatic rings. The summed E-state index contributed by atoms with van der Waals surface area (Å²) >= 11 is 0. The van der Waals surface area contributed by atoms with Crippen molar-refractivity contribution < 1.29 is 9.53 Å². The lowest BCUT2D eigenvalue weighted by atomic mass is 9.95. The van der Waals surface area contributed by atoms with Crippen molar-refractivity contribution in [2.75, 3.05) is 26.3 Å². The second kappa shape index (κ2) is 5.48.